The van der Waals surface area contributed by atoms with Crippen molar-refractivity contribution in [2.75, 3.05) is 33.3 Å². The van der Waals surface area contributed by atoms with E-state index in [-0.39, 0.29) is 12.0 Å². The van der Waals surface area contributed by atoms with Crippen LogP contribution in [0.1, 0.15) is 23.7 Å². The first-order chi connectivity index (χ1) is 9.15. The fourth-order valence-electron chi connectivity index (χ4n) is 2.49. The lowest BCUT2D eigenvalue weighted by Gasteiger charge is -2.28. The molecule has 0 aromatic carbocycles. The molecule has 1 saturated heterocycles. The predicted molar refractivity (Wildman–Crippen MR) is 71.8 cm³/mol. The molecule has 1 N–H and O–H groups in total. The molecule has 1 aromatic heterocycles. The van der Waals surface area contributed by atoms with Crippen LogP contribution in [0, 0.1) is 6.92 Å². The summed E-state index contributed by atoms with van der Waals surface area (Å²) < 4.78 is 6.78. The maximum absolute atomic E-state index is 12.2. The van der Waals surface area contributed by atoms with Crippen molar-refractivity contribution in [3.05, 3.63) is 17.5 Å². The number of rotatable bonds is 3. The highest BCUT2D eigenvalue weighted by Gasteiger charge is 2.31. The maximum Gasteiger partial charge on any atom is 0.327 e. The van der Waals surface area contributed by atoms with Crippen molar-refractivity contribution in [3.8, 4) is 0 Å². The molecule has 1 aromatic rings. The van der Waals surface area contributed by atoms with Crippen LogP contribution in [-0.2, 0) is 16.6 Å². The zero-order chi connectivity index (χ0) is 13.8. The molecule has 6 heteroatoms. The van der Waals surface area contributed by atoms with Crippen molar-refractivity contribution < 1.29 is 9.53 Å². The molecule has 6 nitrogen and oxygen atoms in total. The summed E-state index contributed by atoms with van der Waals surface area (Å²) in [6.07, 6.45) is 2.81. The molecule has 106 valence electrons. The summed E-state index contributed by atoms with van der Waals surface area (Å²) in [5.41, 5.74) is 1.95. The van der Waals surface area contributed by atoms with Crippen molar-refractivity contribution >= 4 is 5.97 Å². The molecule has 19 heavy (non-hydrogen) atoms. The van der Waals surface area contributed by atoms with Crippen LogP contribution in [0.4, 0.5) is 0 Å². The number of aromatic nitrogens is 2. The Morgan fingerprint density at radius 2 is 2.26 bits per heavy atom. The molecule has 1 unspecified atom stereocenters. The van der Waals surface area contributed by atoms with Crippen LogP contribution < -0.4 is 5.32 Å². The minimum absolute atomic E-state index is 0.210. The number of nitrogens with zero attached hydrogens (tertiary/aromatic N) is 3. The summed E-state index contributed by atoms with van der Waals surface area (Å²) in [6, 6.07) is -0.349. The van der Waals surface area contributed by atoms with E-state index >= 15 is 0 Å². The highest BCUT2D eigenvalue weighted by Crippen LogP contribution is 2.25. The van der Waals surface area contributed by atoms with E-state index in [2.05, 4.69) is 15.3 Å². The van der Waals surface area contributed by atoms with E-state index in [0.29, 0.717) is 0 Å². The number of aryl methyl sites for hydroxylation is 1. The van der Waals surface area contributed by atoms with E-state index in [4.69, 9.17) is 4.74 Å². The molecular formula is C13H22N4O2. The van der Waals surface area contributed by atoms with Gasteiger partial charge in [0.05, 0.1) is 13.3 Å². The summed E-state index contributed by atoms with van der Waals surface area (Å²) in [5.74, 6) is -0.210. The van der Waals surface area contributed by atoms with Gasteiger partial charge in [0, 0.05) is 37.9 Å². The van der Waals surface area contributed by atoms with E-state index in [1.165, 1.54) is 7.11 Å². The second-order valence-corrected chi connectivity index (χ2v) is 4.87. The first-order valence-corrected chi connectivity index (χ1v) is 6.66. The van der Waals surface area contributed by atoms with Gasteiger partial charge in [0.2, 0.25) is 0 Å². The van der Waals surface area contributed by atoms with Crippen LogP contribution in [0.15, 0.2) is 6.20 Å². The number of esters is 1. The number of hydrogen-bond donors (Lipinski definition) is 1. The first kappa shape index (κ1) is 14.0. The lowest BCUT2D eigenvalue weighted by molar-refractivity contribution is -0.147. The molecule has 1 fully saturated rings. The number of ether oxygens (including phenoxy) is 1. The van der Waals surface area contributed by atoms with Crippen LogP contribution in [0.2, 0.25) is 0 Å². The summed E-state index contributed by atoms with van der Waals surface area (Å²) in [4.78, 5) is 14.3. The Labute approximate surface area is 113 Å². The first-order valence-electron chi connectivity index (χ1n) is 6.66. The van der Waals surface area contributed by atoms with Crippen molar-refractivity contribution in [1.29, 1.82) is 0 Å². The van der Waals surface area contributed by atoms with Crippen LogP contribution in [0.25, 0.3) is 0 Å². The Kier molecular flexibility index (Phi) is 4.55. The van der Waals surface area contributed by atoms with E-state index in [1.54, 1.807) is 10.9 Å². The van der Waals surface area contributed by atoms with Crippen LogP contribution >= 0.6 is 0 Å². The highest BCUT2D eigenvalue weighted by atomic mass is 16.5. The number of carbonyl (C=O) groups is 1. The van der Waals surface area contributed by atoms with Crippen LogP contribution in [0.5, 0.6) is 0 Å². The van der Waals surface area contributed by atoms with Gasteiger partial charge in [-0.3, -0.25) is 9.58 Å². The number of hydrogen-bond acceptors (Lipinski definition) is 5. The average Bonchev–Trinajstić information content (AvgIpc) is 2.65. The molecule has 2 rings (SSSR count). The van der Waals surface area contributed by atoms with Gasteiger partial charge in [0.25, 0.3) is 0 Å². The normalized spacial score (nSPS) is 18.9. The minimum Gasteiger partial charge on any atom is -0.468 e. The van der Waals surface area contributed by atoms with Gasteiger partial charge in [-0.2, -0.15) is 5.10 Å². The van der Waals surface area contributed by atoms with Gasteiger partial charge in [-0.05, 0) is 19.9 Å². The van der Waals surface area contributed by atoms with Crippen LogP contribution in [0.3, 0.4) is 0 Å². The lowest BCUT2D eigenvalue weighted by Crippen LogP contribution is -2.37. The molecule has 0 aliphatic carbocycles. The Morgan fingerprint density at radius 3 is 2.89 bits per heavy atom. The van der Waals surface area contributed by atoms with Gasteiger partial charge < -0.3 is 10.1 Å². The summed E-state index contributed by atoms with van der Waals surface area (Å²) in [7, 11) is 3.33. The molecule has 1 aliphatic rings. The third kappa shape index (κ3) is 2.96. The van der Waals surface area contributed by atoms with E-state index in [1.807, 2.05) is 14.0 Å². The summed E-state index contributed by atoms with van der Waals surface area (Å²) in [5, 5.41) is 7.58. The second-order valence-electron chi connectivity index (χ2n) is 4.87. The fraction of sp³-hybridized carbons (Fsp3) is 0.692. The van der Waals surface area contributed by atoms with Crippen molar-refractivity contribution in [2.45, 2.75) is 19.4 Å². The molecule has 0 spiro atoms. The second kappa shape index (κ2) is 6.16. The van der Waals surface area contributed by atoms with E-state index in [0.717, 1.165) is 43.9 Å². The van der Waals surface area contributed by atoms with Crippen molar-refractivity contribution in [3.63, 3.8) is 0 Å². The third-order valence-electron chi connectivity index (χ3n) is 3.73. The molecule has 2 heterocycles. The topological polar surface area (TPSA) is 59.4 Å². The van der Waals surface area contributed by atoms with Gasteiger partial charge >= 0.3 is 5.97 Å². The average molecular weight is 266 g/mol. The molecule has 1 atom stereocenters. The third-order valence-corrected chi connectivity index (χ3v) is 3.73. The van der Waals surface area contributed by atoms with E-state index in [9.17, 15) is 4.79 Å². The standard InChI is InChI=1S/C13H22N4O2/c1-10-11(9-15-16(10)2)12(13(18)19-3)17-7-4-5-14-6-8-17/h9,12,14H,4-8H2,1-3H3. The maximum atomic E-state index is 12.2. The van der Waals surface area contributed by atoms with Gasteiger partial charge in [-0.15, -0.1) is 0 Å². The zero-order valence-corrected chi connectivity index (χ0v) is 11.8. The minimum atomic E-state index is -0.349. The summed E-state index contributed by atoms with van der Waals surface area (Å²) in [6.45, 7) is 5.60. The molecule has 0 amide bonds. The fourth-order valence-corrected chi connectivity index (χ4v) is 2.49. The van der Waals surface area contributed by atoms with Gasteiger partial charge in [0.1, 0.15) is 6.04 Å². The largest absolute Gasteiger partial charge is 0.468 e. The zero-order valence-electron chi connectivity index (χ0n) is 11.8. The summed E-state index contributed by atoms with van der Waals surface area (Å²) >= 11 is 0. The van der Waals surface area contributed by atoms with Gasteiger partial charge in [0.15, 0.2) is 0 Å². The Morgan fingerprint density at radius 1 is 1.47 bits per heavy atom. The number of methoxy groups -OCH3 is 1. The van der Waals surface area contributed by atoms with Gasteiger partial charge in [-0.1, -0.05) is 0 Å². The predicted octanol–water partition coefficient (Wildman–Crippen LogP) is 0.238. The van der Waals surface area contributed by atoms with Crippen molar-refractivity contribution in [1.82, 2.24) is 20.0 Å². The number of nitrogens with one attached hydrogen (secondary N) is 1. The molecular weight excluding hydrogens is 244 g/mol. The lowest BCUT2D eigenvalue weighted by atomic mass is 10.1. The van der Waals surface area contributed by atoms with Gasteiger partial charge in [-0.25, -0.2) is 4.79 Å². The smallest absolute Gasteiger partial charge is 0.327 e. The highest BCUT2D eigenvalue weighted by molar-refractivity contribution is 5.77. The van der Waals surface area contributed by atoms with Crippen LogP contribution in [-0.4, -0.2) is 53.9 Å². The molecule has 0 saturated carbocycles. The Balaban J connectivity index is 2.29. The quantitative estimate of drug-likeness (QED) is 0.794. The SMILES string of the molecule is COC(=O)C(c1cnn(C)c1C)N1CCCNCC1. The monoisotopic (exact) mass is 266 g/mol. The number of carbonyl (C=O) groups excluding carboxylic acids is 1. The van der Waals surface area contributed by atoms with E-state index < -0.39 is 0 Å². The molecule has 0 bridgehead atoms. The molecule has 0 radical (unpaired) electrons. The van der Waals surface area contributed by atoms with Crippen molar-refractivity contribution in [2.24, 2.45) is 7.05 Å². The molecule has 1 aliphatic heterocycles. The Bertz CT molecular complexity index is 436. The Hall–Kier alpha value is -1.40.